The number of likely N-dealkylation sites (tertiary alicyclic amines) is 1. The van der Waals surface area contributed by atoms with E-state index in [-0.39, 0.29) is 30.4 Å². The molecule has 156 valence electrons. The summed E-state index contributed by atoms with van der Waals surface area (Å²) in [6, 6.07) is 10.7. The first-order valence-electron chi connectivity index (χ1n) is 10.1. The average molecular weight is 407 g/mol. The molecule has 0 spiro atoms. The van der Waals surface area contributed by atoms with E-state index in [4.69, 9.17) is 4.74 Å². The lowest BCUT2D eigenvalue weighted by Crippen LogP contribution is -2.35. The number of hydrogen-bond donors (Lipinski definition) is 0. The number of fused-ring (bicyclic) bond motifs is 1. The average Bonchev–Trinajstić information content (AvgIpc) is 3.28. The predicted molar refractivity (Wildman–Crippen MR) is 110 cm³/mol. The molecule has 0 saturated carbocycles. The van der Waals surface area contributed by atoms with Crippen molar-refractivity contribution in [2.45, 2.75) is 45.3 Å². The van der Waals surface area contributed by atoms with Crippen molar-refractivity contribution in [1.82, 2.24) is 14.8 Å². The number of amides is 3. The van der Waals surface area contributed by atoms with Gasteiger partial charge in [0.25, 0.3) is 11.8 Å². The van der Waals surface area contributed by atoms with Crippen LogP contribution in [0.15, 0.2) is 42.6 Å². The summed E-state index contributed by atoms with van der Waals surface area (Å²) >= 11 is 0. The van der Waals surface area contributed by atoms with Gasteiger partial charge in [-0.2, -0.15) is 0 Å². The van der Waals surface area contributed by atoms with Gasteiger partial charge in [0.1, 0.15) is 5.60 Å². The standard InChI is InChI=1S/C23H25N3O4/c1-23(2,3)30-22(29)25-11-9-16(13-25)15-8-10-24-17(12-15)14-26-20(27)18-6-4-5-7-19(18)21(26)28/h4-8,10,12,16H,9,11,13-14H2,1-3H3. The van der Waals surface area contributed by atoms with Crippen LogP contribution in [0.2, 0.25) is 0 Å². The SMILES string of the molecule is CC(C)(C)OC(=O)N1CCC(c2ccnc(CN3C(=O)c4ccccc4C3=O)c2)C1. The van der Waals surface area contributed by atoms with Gasteiger partial charge < -0.3 is 9.64 Å². The summed E-state index contributed by atoms with van der Waals surface area (Å²) < 4.78 is 5.47. The zero-order chi connectivity index (χ0) is 21.5. The molecule has 7 nitrogen and oxygen atoms in total. The quantitative estimate of drug-likeness (QED) is 0.727. The van der Waals surface area contributed by atoms with Crippen LogP contribution in [0.3, 0.4) is 0 Å². The largest absolute Gasteiger partial charge is 0.444 e. The lowest BCUT2D eigenvalue weighted by Gasteiger charge is -2.24. The van der Waals surface area contributed by atoms with Crippen LogP contribution in [0.25, 0.3) is 0 Å². The van der Waals surface area contributed by atoms with Gasteiger partial charge >= 0.3 is 6.09 Å². The van der Waals surface area contributed by atoms with Gasteiger partial charge in [0.2, 0.25) is 0 Å². The Morgan fingerprint density at radius 1 is 1.13 bits per heavy atom. The van der Waals surface area contributed by atoms with E-state index in [1.54, 1.807) is 35.4 Å². The number of ether oxygens (including phenoxy) is 1. The van der Waals surface area contributed by atoms with Crippen LogP contribution < -0.4 is 0 Å². The topological polar surface area (TPSA) is 79.8 Å². The summed E-state index contributed by atoms with van der Waals surface area (Å²) in [7, 11) is 0. The summed E-state index contributed by atoms with van der Waals surface area (Å²) in [6.07, 6.45) is 2.22. The molecule has 1 aromatic carbocycles. The van der Waals surface area contributed by atoms with Crippen LogP contribution in [0.1, 0.15) is 65.1 Å². The molecule has 1 unspecified atom stereocenters. The van der Waals surface area contributed by atoms with Gasteiger partial charge in [0.05, 0.1) is 23.4 Å². The van der Waals surface area contributed by atoms with Crippen LogP contribution in [-0.4, -0.2) is 51.4 Å². The molecule has 3 amide bonds. The zero-order valence-electron chi connectivity index (χ0n) is 17.4. The van der Waals surface area contributed by atoms with Gasteiger partial charge in [-0.15, -0.1) is 0 Å². The molecule has 2 aliphatic rings. The van der Waals surface area contributed by atoms with E-state index in [2.05, 4.69) is 4.98 Å². The van der Waals surface area contributed by atoms with Crippen molar-refractivity contribution in [3.8, 4) is 0 Å². The summed E-state index contributed by atoms with van der Waals surface area (Å²) in [4.78, 5) is 44.8. The van der Waals surface area contributed by atoms with Crippen LogP contribution in [-0.2, 0) is 11.3 Å². The van der Waals surface area contributed by atoms with Crippen molar-refractivity contribution in [2.24, 2.45) is 0 Å². The second-order valence-corrected chi connectivity index (χ2v) is 8.73. The number of carbonyl (C=O) groups excluding carboxylic acids is 3. The fraction of sp³-hybridized carbons (Fsp3) is 0.391. The van der Waals surface area contributed by atoms with Crippen LogP contribution >= 0.6 is 0 Å². The molecule has 30 heavy (non-hydrogen) atoms. The fourth-order valence-electron chi connectivity index (χ4n) is 3.91. The molecule has 7 heteroatoms. The van der Waals surface area contributed by atoms with Crippen molar-refractivity contribution < 1.29 is 19.1 Å². The zero-order valence-corrected chi connectivity index (χ0v) is 17.4. The van der Waals surface area contributed by atoms with Crippen LogP contribution in [0.5, 0.6) is 0 Å². The van der Waals surface area contributed by atoms with Crippen LogP contribution in [0, 0.1) is 0 Å². The second-order valence-electron chi connectivity index (χ2n) is 8.73. The molecule has 3 heterocycles. The Labute approximate surface area is 175 Å². The molecule has 1 aromatic heterocycles. The fourth-order valence-corrected chi connectivity index (χ4v) is 3.91. The highest BCUT2D eigenvalue weighted by atomic mass is 16.6. The number of benzene rings is 1. The van der Waals surface area contributed by atoms with E-state index in [0.29, 0.717) is 29.9 Å². The van der Waals surface area contributed by atoms with Crippen molar-refractivity contribution in [2.75, 3.05) is 13.1 Å². The van der Waals surface area contributed by atoms with Crippen molar-refractivity contribution in [3.05, 3.63) is 65.0 Å². The first-order chi connectivity index (χ1) is 14.2. The van der Waals surface area contributed by atoms with E-state index in [0.717, 1.165) is 12.0 Å². The molecule has 1 fully saturated rings. The molecule has 0 N–H and O–H groups in total. The van der Waals surface area contributed by atoms with E-state index < -0.39 is 5.60 Å². The summed E-state index contributed by atoms with van der Waals surface area (Å²) in [5.41, 5.74) is 2.04. The van der Waals surface area contributed by atoms with E-state index in [1.165, 1.54) is 4.90 Å². The highest BCUT2D eigenvalue weighted by Gasteiger charge is 2.35. The summed E-state index contributed by atoms with van der Waals surface area (Å²) in [5, 5.41) is 0. The Balaban J connectivity index is 1.45. The smallest absolute Gasteiger partial charge is 0.410 e. The molecule has 2 aromatic rings. The lowest BCUT2D eigenvalue weighted by atomic mass is 9.99. The second kappa shape index (κ2) is 7.55. The normalized spacial score (nSPS) is 18.7. The molecule has 0 radical (unpaired) electrons. The third-order valence-corrected chi connectivity index (χ3v) is 5.35. The molecule has 0 aliphatic carbocycles. The van der Waals surface area contributed by atoms with Gasteiger partial charge in [0, 0.05) is 25.2 Å². The molecule has 2 aliphatic heterocycles. The Kier molecular flexibility index (Phi) is 5.05. The minimum absolute atomic E-state index is 0.128. The molecular formula is C23H25N3O4. The number of pyridine rings is 1. The molecule has 4 rings (SSSR count). The first-order valence-corrected chi connectivity index (χ1v) is 10.1. The van der Waals surface area contributed by atoms with Gasteiger partial charge in [-0.05, 0) is 57.0 Å². The highest BCUT2D eigenvalue weighted by molar-refractivity contribution is 6.21. The van der Waals surface area contributed by atoms with Crippen LogP contribution in [0.4, 0.5) is 4.79 Å². The first kappa shape index (κ1) is 20.1. The maximum Gasteiger partial charge on any atom is 0.410 e. The number of hydrogen-bond acceptors (Lipinski definition) is 5. The molecule has 0 bridgehead atoms. The molecule has 1 atom stereocenters. The van der Waals surface area contributed by atoms with Crippen molar-refractivity contribution >= 4 is 17.9 Å². The van der Waals surface area contributed by atoms with Gasteiger partial charge in [-0.1, -0.05) is 12.1 Å². The summed E-state index contributed by atoms with van der Waals surface area (Å²) in [6.45, 7) is 6.90. The minimum Gasteiger partial charge on any atom is -0.444 e. The number of rotatable bonds is 3. The number of imide groups is 1. The van der Waals surface area contributed by atoms with E-state index in [1.807, 2.05) is 32.9 Å². The van der Waals surface area contributed by atoms with Gasteiger partial charge in [-0.25, -0.2) is 4.79 Å². The Hall–Kier alpha value is -3.22. The number of nitrogens with zero attached hydrogens (tertiary/aromatic N) is 3. The monoisotopic (exact) mass is 407 g/mol. The maximum absolute atomic E-state index is 12.6. The Bertz CT molecular complexity index is 977. The predicted octanol–water partition coefficient (Wildman–Crippen LogP) is 3.60. The Morgan fingerprint density at radius 3 is 2.43 bits per heavy atom. The van der Waals surface area contributed by atoms with Crippen molar-refractivity contribution in [1.29, 1.82) is 0 Å². The highest BCUT2D eigenvalue weighted by Crippen LogP contribution is 2.29. The number of carbonyl (C=O) groups is 3. The molecule has 1 saturated heterocycles. The van der Waals surface area contributed by atoms with E-state index >= 15 is 0 Å². The Morgan fingerprint density at radius 2 is 1.80 bits per heavy atom. The maximum atomic E-state index is 12.6. The third kappa shape index (κ3) is 3.92. The molecular weight excluding hydrogens is 382 g/mol. The minimum atomic E-state index is -0.522. The third-order valence-electron chi connectivity index (χ3n) is 5.35. The van der Waals surface area contributed by atoms with Gasteiger partial charge in [-0.3, -0.25) is 19.5 Å². The lowest BCUT2D eigenvalue weighted by molar-refractivity contribution is 0.0292. The van der Waals surface area contributed by atoms with E-state index in [9.17, 15) is 14.4 Å². The summed E-state index contributed by atoms with van der Waals surface area (Å²) in [5.74, 6) is -0.416. The number of aromatic nitrogens is 1. The van der Waals surface area contributed by atoms with Gasteiger partial charge in [0.15, 0.2) is 0 Å². The van der Waals surface area contributed by atoms with Crippen molar-refractivity contribution in [3.63, 3.8) is 0 Å².